The van der Waals surface area contributed by atoms with Crippen molar-refractivity contribution in [1.29, 1.82) is 0 Å². The van der Waals surface area contributed by atoms with Gasteiger partial charge in [-0.2, -0.15) is 0 Å². The van der Waals surface area contributed by atoms with Crippen molar-refractivity contribution in [1.82, 2.24) is 5.32 Å². The Morgan fingerprint density at radius 2 is 2.07 bits per heavy atom. The highest BCUT2D eigenvalue weighted by Gasteiger charge is 2.04. The molecular formula is C11H15F2NO. The van der Waals surface area contributed by atoms with Crippen LogP contribution in [0.25, 0.3) is 0 Å². The van der Waals surface area contributed by atoms with Crippen molar-refractivity contribution in [3.05, 3.63) is 29.8 Å². The average Bonchev–Trinajstić information content (AvgIpc) is 2.23. The summed E-state index contributed by atoms with van der Waals surface area (Å²) in [6, 6.07) is 3.20. The van der Waals surface area contributed by atoms with Gasteiger partial charge in [0.05, 0.1) is 6.61 Å². The summed E-state index contributed by atoms with van der Waals surface area (Å²) in [5, 5.41) is 3.00. The zero-order valence-electron chi connectivity index (χ0n) is 8.72. The maximum absolute atomic E-state index is 13.0. The van der Waals surface area contributed by atoms with E-state index in [0.29, 0.717) is 6.61 Å². The Bertz CT molecular complexity index is 305. The molecule has 1 N–H and O–H groups in total. The zero-order valence-corrected chi connectivity index (χ0v) is 8.72. The van der Waals surface area contributed by atoms with Gasteiger partial charge >= 0.3 is 0 Å². The lowest BCUT2D eigenvalue weighted by Gasteiger charge is -2.06. The first-order valence-corrected chi connectivity index (χ1v) is 4.96. The molecule has 1 aromatic rings. The molecule has 0 aliphatic heterocycles. The van der Waals surface area contributed by atoms with Crippen molar-refractivity contribution in [2.24, 2.45) is 0 Å². The predicted octanol–water partition coefficient (Wildman–Crippen LogP) is 2.34. The Morgan fingerprint density at radius 3 is 2.80 bits per heavy atom. The third kappa shape index (κ3) is 4.25. The molecule has 0 aliphatic carbocycles. The van der Waals surface area contributed by atoms with Crippen LogP contribution in [0.2, 0.25) is 0 Å². The van der Waals surface area contributed by atoms with E-state index >= 15 is 0 Å². The van der Waals surface area contributed by atoms with Gasteiger partial charge in [-0.1, -0.05) is 0 Å². The number of halogens is 2. The Kier molecular flexibility index (Phi) is 5.04. The number of ether oxygens (including phenoxy) is 1. The summed E-state index contributed by atoms with van der Waals surface area (Å²) in [5.41, 5.74) is 0. The molecule has 15 heavy (non-hydrogen) atoms. The molecule has 0 radical (unpaired) electrons. The Balaban J connectivity index is 2.33. The van der Waals surface area contributed by atoms with Crippen molar-refractivity contribution in [3.63, 3.8) is 0 Å². The molecule has 0 saturated carbocycles. The number of hydrogen-bond acceptors (Lipinski definition) is 2. The normalized spacial score (nSPS) is 10.3. The molecule has 0 atom stereocenters. The Morgan fingerprint density at radius 1 is 1.27 bits per heavy atom. The largest absolute Gasteiger partial charge is 0.490 e. The summed E-state index contributed by atoms with van der Waals surface area (Å²) in [6.07, 6.45) is 1.77. The minimum Gasteiger partial charge on any atom is -0.490 e. The first-order chi connectivity index (χ1) is 7.24. The van der Waals surface area contributed by atoms with Crippen molar-refractivity contribution in [3.8, 4) is 5.75 Å². The molecule has 0 bridgehead atoms. The molecular weight excluding hydrogens is 200 g/mol. The van der Waals surface area contributed by atoms with E-state index in [-0.39, 0.29) is 5.75 Å². The summed E-state index contributed by atoms with van der Waals surface area (Å²) < 4.78 is 30.9. The third-order valence-corrected chi connectivity index (χ3v) is 1.97. The molecule has 0 fully saturated rings. The van der Waals surface area contributed by atoms with Crippen LogP contribution < -0.4 is 10.1 Å². The highest BCUT2D eigenvalue weighted by atomic mass is 19.1. The molecule has 0 amide bonds. The second-order valence-electron chi connectivity index (χ2n) is 3.23. The van der Waals surface area contributed by atoms with Gasteiger partial charge in [0.2, 0.25) is 0 Å². The Labute approximate surface area is 88.3 Å². The van der Waals surface area contributed by atoms with E-state index in [1.165, 1.54) is 0 Å². The number of benzene rings is 1. The second-order valence-corrected chi connectivity index (χ2v) is 3.23. The van der Waals surface area contributed by atoms with Crippen molar-refractivity contribution in [2.75, 3.05) is 20.2 Å². The van der Waals surface area contributed by atoms with Crippen LogP contribution in [0.5, 0.6) is 5.75 Å². The number of nitrogens with one attached hydrogen (secondary N) is 1. The SMILES string of the molecule is CNCCCCOc1cc(F)ccc1F. The van der Waals surface area contributed by atoms with Crippen LogP contribution in [0.3, 0.4) is 0 Å². The van der Waals surface area contributed by atoms with E-state index in [4.69, 9.17) is 4.74 Å². The van der Waals surface area contributed by atoms with Crippen LogP contribution in [0.1, 0.15) is 12.8 Å². The number of rotatable bonds is 6. The molecule has 1 rings (SSSR count). The quantitative estimate of drug-likeness (QED) is 0.735. The molecule has 0 saturated heterocycles. The fourth-order valence-electron chi connectivity index (χ4n) is 1.17. The monoisotopic (exact) mass is 215 g/mol. The number of hydrogen-bond donors (Lipinski definition) is 1. The summed E-state index contributed by atoms with van der Waals surface area (Å²) in [5.74, 6) is -1.02. The molecule has 0 heterocycles. The van der Waals surface area contributed by atoms with E-state index in [2.05, 4.69) is 5.32 Å². The summed E-state index contributed by atoms with van der Waals surface area (Å²) >= 11 is 0. The molecule has 0 unspecified atom stereocenters. The molecule has 0 aliphatic rings. The van der Waals surface area contributed by atoms with Gasteiger partial charge < -0.3 is 10.1 Å². The predicted molar refractivity (Wildman–Crippen MR) is 55.0 cm³/mol. The third-order valence-electron chi connectivity index (χ3n) is 1.97. The van der Waals surface area contributed by atoms with Gasteiger partial charge in [-0.05, 0) is 38.6 Å². The van der Waals surface area contributed by atoms with Gasteiger partial charge in [0, 0.05) is 6.07 Å². The van der Waals surface area contributed by atoms with Crippen LogP contribution >= 0.6 is 0 Å². The van der Waals surface area contributed by atoms with Gasteiger partial charge in [-0.3, -0.25) is 0 Å². The van der Waals surface area contributed by atoms with Crippen LogP contribution in [0, 0.1) is 11.6 Å². The first kappa shape index (κ1) is 11.9. The summed E-state index contributed by atoms with van der Waals surface area (Å²) in [6.45, 7) is 1.30. The van der Waals surface area contributed by atoms with Crippen LogP contribution in [0.4, 0.5) is 8.78 Å². The van der Waals surface area contributed by atoms with Gasteiger partial charge in [0.25, 0.3) is 0 Å². The van der Waals surface area contributed by atoms with E-state index in [0.717, 1.165) is 37.6 Å². The minimum atomic E-state index is -0.523. The molecule has 1 aromatic carbocycles. The topological polar surface area (TPSA) is 21.3 Å². The maximum atomic E-state index is 13.0. The summed E-state index contributed by atoms with van der Waals surface area (Å²) in [7, 11) is 1.87. The lowest BCUT2D eigenvalue weighted by molar-refractivity contribution is 0.290. The smallest absolute Gasteiger partial charge is 0.165 e. The lowest BCUT2D eigenvalue weighted by atomic mass is 10.3. The highest BCUT2D eigenvalue weighted by molar-refractivity contribution is 5.24. The van der Waals surface area contributed by atoms with Crippen LogP contribution in [-0.2, 0) is 0 Å². The second kappa shape index (κ2) is 6.35. The average molecular weight is 215 g/mol. The van der Waals surface area contributed by atoms with Gasteiger partial charge in [0.1, 0.15) is 5.82 Å². The lowest BCUT2D eigenvalue weighted by Crippen LogP contribution is -2.09. The fourth-order valence-corrected chi connectivity index (χ4v) is 1.17. The first-order valence-electron chi connectivity index (χ1n) is 4.96. The van der Waals surface area contributed by atoms with E-state index in [9.17, 15) is 8.78 Å². The number of unbranched alkanes of at least 4 members (excludes halogenated alkanes) is 1. The molecule has 84 valence electrons. The Hall–Kier alpha value is -1.16. The van der Waals surface area contributed by atoms with E-state index < -0.39 is 11.6 Å². The van der Waals surface area contributed by atoms with Crippen LogP contribution in [0.15, 0.2) is 18.2 Å². The summed E-state index contributed by atoms with van der Waals surface area (Å²) in [4.78, 5) is 0. The fraction of sp³-hybridized carbons (Fsp3) is 0.455. The van der Waals surface area contributed by atoms with Gasteiger partial charge in [0.15, 0.2) is 11.6 Å². The molecule has 0 spiro atoms. The highest BCUT2D eigenvalue weighted by Crippen LogP contribution is 2.18. The van der Waals surface area contributed by atoms with Gasteiger partial charge in [-0.15, -0.1) is 0 Å². The van der Waals surface area contributed by atoms with Crippen molar-refractivity contribution in [2.45, 2.75) is 12.8 Å². The maximum Gasteiger partial charge on any atom is 0.165 e. The molecule has 4 heteroatoms. The van der Waals surface area contributed by atoms with E-state index in [1.54, 1.807) is 0 Å². The van der Waals surface area contributed by atoms with Crippen LogP contribution in [-0.4, -0.2) is 20.2 Å². The minimum absolute atomic E-state index is 0.0144. The van der Waals surface area contributed by atoms with Crippen molar-refractivity contribution >= 4 is 0 Å². The molecule has 0 aromatic heterocycles. The van der Waals surface area contributed by atoms with E-state index in [1.807, 2.05) is 7.05 Å². The zero-order chi connectivity index (χ0) is 11.1. The van der Waals surface area contributed by atoms with Gasteiger partial charge in [-0.25, -0.2) is 8.78 Å². The standard InChI is InChI=1S/C11H15F2NO/c1-14-6-2-3-7-15-11-8-9(12)4-5-10(11)13/h4-5,8,14H,2-3,6-7H2,1H3. The molecule has 2 nitrogen and oxygen atoms in total. The van der Waals surface area contributed by atoms with Crippen molar-refractivity contribution < 1.29 is 13.5 Å².